The SMILES string of the molecule is Cc1nc2ncnn2c(C)c1CCC(=O)Nc1ccc(-n2cccn2)nc1. The largest absolute Gasteiger partial charge is 0.325 e. The first kappa shape index (κ1) is 16.8. The van der Waals surface area contributed by atoms with Crippen LogP contribution in [0, 0.1) is 13.8 Å². The number of anilines is 1. The Kier molecular flexibility index (Phi) is 4.33. The molecule has 0 aliphatic heterocycles. The lowest BCUT2D eigenvalue weighted by molar-refractivity contribution is -0.116. The van der Waals surface area contributed by atoms with Crippen LogP contribution < -0.4 is 5.32 Å². The van der Waals surface area contributed by atoms with Crippen LogP contribution in [0.5, 0.6) is 0 Å². The van der Waals surface area contributed by atoms with Gasteiger partial charge in [-0.3, -0.25) is 4.79 Å². The van der Waals surface area contributed by atoms with Crippen LogP contribution in [0.15, 0.2) is 43.1 Å². The summed E-state index contributed by atoms with van der Waals surface area (Å²) in [4.78, 5) is 25.2. The number of carbonyl (C=O) groups excluding carboxylic acids is 1. The molecule has 0 aromatic carbocycles. The van der Waals surface area contributed by atoms with Crippen molar-refractivity contribution in [2.24, 2.45) is 0 Å². The number of hydrogen-bond acceptors (Lipinski definition) is 6. The summed E-state index contributed by atoms with van der Waals surface area (Å²) in [5.74, 6) is 1.18. The third-order valence-electron chi connectivity index (χ3n) is 4.36. The normalized spacial score (nSPS) is 11.0. The van der Waals surface area contributed by atoms with Crippen molar-refractivity contribution in [3.63, 3.8) is 0 Å². The van der Waals surface area contributed by atoms with Crippen molar-refractivity contribution >= 4 is 17.4 Å². The lowest BCUT2D eigenvalue weighted by Gasteiger charge is -2.10. The van der Waals surface area contributed by atoms with Gasteiger partial charge in [-0.2, -0.15) is 15.2 Å². The van der Waals surface area contributed by atoms with E-state index in [0.29, 0.717) is 30.1 Å². The van der Waals surface area contributed by atoms with Crippen molar-refractivity contribution in [1.29, 1.82) is 0 Å². The van der Waals surface area contributed by atoms with Crippen molar-refractivity contribution < 1.29 is 4.79 Å². The van der Waals surface area contributed by atoms with Gasteiger partial charge in [-0.15, -0.1) is 0 Å². The number of nitrogens with one attached hydrogen (secondary N) is 1. The molecule has 1 amide bonds. The predicted octanol–water partition coefficient (Wildman–Crippen LogP) is 1.89. The Morgan fingerprint density at radius 2 is 2.07 bits per heavy atom. The summed E-state index contributed by atoms with van der Waals surface area (Å²) in [6, 6.07) is 5.44. The fourth-order valence-electron chi connectivity index (χ4n) is 2.98. The molecule has 0 spiro atoms. The van der Waals surface area contributed by atoms with Gasteiger partial charge in [0.1, 0.15) is 6.33 Å². The van der Waals surface area contributed by atoms with Gasteiger partial charge in [0.15, 0.2) is 5.82 Å². The van der Waals surface area contributed by atoms with E-state index in [1.54, 1.807) is 33.7 Å². The third-order valence-corrected chi connectivity index (χ3v) is 4.36. The molecule has 0 aliphatic rings. The first-order valence-electron chi connectivity index (χ1n) is 8.53. The molecule has 9 heteroatoms. The first-order valence-corrected chi connectivity index (χ1v) is 8.53. The predicted molar refractivity (Wildman–Crippen MR) is 98.6 cm³/mol. The Balaban J connectivity index is 1.41. The standard InChI is InChI=1S/C18H18N8O/c1-12-15(13(2)26-18(23-12)20-11-22-26)5-7-17(27)24-14-4-6-16(19-10-14)25-9-3-8-21-25/h3-4,6,8-11H,5,7H2,1-2H3,(H,24,27). The van der Waals surface area contributed by atoms with Crippen LogP contribution in [0.4, 0.5) is 5.69 Å². The summed E-state index contributed by atoms with van der Waals surface area (Å²) < 4.78 is 3.35. The molecule has 0 aliphatic carbocycles. The highest BCUT2D eigenvalue weighted by Crippen LogP contribution is 2.16. The molecule has 1 N–H and O–H groups in total. The average molecular weight is 362 g/mol. The zero-order valence-electron chi connectivity index (χ0n) is 15.0. The Hall–Kier alpha value is -3.62. The van der Waals surface area contributed by atoms with Crippen molar-refractivity contribution in [2.75, 3.05) is 5.32 Å². The van der Waals surface area contributed by atoms with E-state index in [-0.39, 0.29) is 5.91 Å². The highest BCUT2D eigenvalue weighted by Gasteiger charge is 2.13. The Morgan fingerprint density at radius 1 is 1.19 bits per heavy atom. The Morgan fingerprint density at radius 3 is 2.81 bits per heavy atom. The van der Waals surface area contributed by atoms with E-state index in [4.69, 9.17) is 0 Å². The molecule has 0 saturated heterocycles. The molecule has 9 nitrogen and oxygen atoms in total. The van der Waals surface area contributed by atoms with Crippen LogP contribution >= 0.6 is 0 Å². The second-order valence-electron chi connectivity index (χ2n) is 6.14. The number of amides is 1. The van der Waals surface area contributed by atoms with Gasteiger partial charge in [0.2, 0.25) is 5.91 Å². The van der Waals surface area contributed by atoms with Crippen molar-refractivity contribution in [3.05, 3.63) is 60.1 Å². The molecule has 0 unspecified atom stereocenters. The number of hydrogen-bond donors (Lipinski definition) is 1. The zero-order chi connectivity index (χ0) is 18.8. The molecule has 4 rings (SSSR count). The summed E-state index contributed by atoms with van der Waals surface area (Å²) in [6.45, 7) is 3.88. The second-order valence-corrected chi connectivity index (χ2v) is 6.14. The third kappa shape index (κ3) is 3.39. The van der Waals surface area contributed by atoms with Gasteiger partial charge >= 0.3 is 0 Å². The number of aromatic nitrogens is 7. The smallest absolute Gasteiger partial charge is 0.252 e. The van der Waals surface area contributed by atoms with E-state index >= 15 is 0 Å². The van der Waals surface area contributed by atoms with E-state index in [0.717, 1.165) is 17.0 Å². The minimum atomic E-state index is -0.0823. The lowest BCUT2D eigenvalue weighted by Crippen LogP contribution is -2.14. The van der Waals surface area contributed by atoms with Gasteiger partial charge in [-0.1, -0.05) is 0 Å². The molecule has 136 valence electrons. The van der Waals surface area contributed by atoms with E-state index in [1.165, 1.54) is 6.33 Å². The van der Waals surface area contributed by atoms with Crippen LogP contribution in [0.2, 0.25) is 0 Å². The average Bonchev–Trinajstić information content (AvgIpc) is 3.34. The number of carbonyl (C=O) groups is 1. The number of rotatable bonds is 5. The fraction of sp³-hybridized carbons (Fsp3) is 0.222. The molecule has 4 aromatic heterocycles. The monoisotopic (exact) mass is 362 g/mol. The number of aryl methyl sites for hydroxylation is 2. The van der Waals surface area contributed by atoms with Crippen molar-refractivity contribution in [1.82, 2.24) is 34.3 Å². The van der Waals surface area contributed by atoms with Gasteiger partial charge in [0, 0.05) is 30.2 Å². The maximum Gasteiger partial charge on any atom is 0.252 e. The summed E-state index contributed by atoms with van der Waals surface area (Å²) in [7, 11) is 0. The van der Waals surface area contributed by atoms with Gasteiger partial charge in [-0.25, -0.2) is 19.2 Å². The van der Waals surface area contributed by atoms with Crippen LogP contribution in [-0.2, 0) is 11.2 Å². The van der Waals surface area contributed by atoms with E-state index < -0.39 is 0 Å². The van der Waals surface area contributed by atoms with Gasteiger partial charge in [-0.05, 0) is 44.0 Å². The second kappa shape index (κ2) is 6.94. The van der Waals surface area contributed by atoms with Gasteiger partial charge in [0.05, 0.1) is 11.9 Å². The van der Waals surface area contributed by atoms with Crippen LogP contribution in [0.25, 0.3) is 11.6 Å². The zero-order valence-corrected chi connectivity index (χ0v) is 15.0. The molecule has 27 heavy (non-hydrogen) atoms. The number of pyridine rings is 1. The molecule has 0 atom stereocenters. The Labute approximate surface area is 155 Å². The quantitative estimate of drug-likeness (QED) is 0.581. The molecule has 4 heterocycles. The van der Waals surface area contributed by atoms with E-state index in [9.17, 15) is 4.79 Å². The highest BCUT2D eigenvalue weighted by atomic mass is 16.1. The molecule has 0 bridgehead atoms. The van der Waals surface area contributed by atoms with Crippen LogP contribution in [0.3, 0.4) is 0 Å². The minimum Gasteiger partial charge on any atom is -0.325 e. The molecular weight excluding hydrogens is 344 g/mol. The van der Waals surface area contributed by atoms with Gasteiger partial charge < -0.3 is 5.32 Å². The minimum absolute atomic E-state index is 0.0823. The Bertz CT molecular complexity index is 1080. The summed E-state index contributed by atoms with van der Waals surface area (Å²) >= 11 is 0. The molecule has 0 radical (unpaired) electrons. The topological polar surface area (TPSA) is 103 Å². The summed E-state index contributed by atoms with van der Waals surface area (Å²) in [6.07, 6.45) is 7.51. The van der Waals surface area contributed by atoms with Crippen molar-refractivity contribution in [2.45, 2.75) is 26.7 Å². The summed E-state index contributed by atoms with van der Waals surface area (Å²) in [5, 5.41) is 11.2. The van der Waals surface area contributed by atoms with Crippen LogP contribution in [-0.4, -0.2) is 40.3 Å². The maximum absolute atomic E-state index is 12.3. The number of nitrogens with zero attached hydrogens (tertiary/aromatic N) is 7. The summed E-state index contributed by atoms with van der Waals surface area (Å²) in [5.41, 5.74) is 3.48. The first-order chi connectivity index (χ1) is 13.1. The van der Waals surface area contributed by atoms with E-state index in [1.807, 2.05) is 26.1 Å². The molecule has 0 fully saturated rings. The maximum atomic E-state index is 12.3. The van der Waals surface area contributed by atoms with Crippen molar-refractivity contribution in [3.8, 4) is 5.82 Å². The fourth-order valence-corrected chi connectivity index (χ4v) is 2.98. The highest BCUT2D eigenvalue weighted by molar-refractivity contribution is 5.90. The van der Waals surface area contributed by atoms with E-state index in [2.05, 4.69) is 30.5 Å². The molecule has 4 aromatic rings. The van der Waals surface area contributed by atoms with Gasteiger partial charge in [0.25, 0.3) is 5.78 Å². The van der Waals surface area contributed by atoms with Crippen LogP contribution in [0.1, 0.15) is 23.4 Å². The number of fused-ring (bicyclic) bond motifs is 1. The molecule has 0 saturated carbocycles. The molecular formula is C18H18N8O. The lowest BCUT2D eigenvalue weighted by atomic mass is 10.1.